The minimum Gasteiger partial charge on any atom is -0.348 e. The van der Waals surface area contributed by atoms with Crippen LogP contribution in [0.1, 0.15) is 29.0 Å². The molecule has 2 heteroatoms. The number of benzene rings is 3. The van der Waals surface area contributed by atoms with Gasteiger partial charge in [-0.05, 0) is 23.1 Å². The van der Waals surface area contributed by atoms with Crippen LogP contribution in [0.2, 0.25) is 0 Å². The lowest BCUT2D eigenvalue weighted by molar-refractivity contribution is 0.156. The van der Waals surface area contributed by atoms with Crippen LogP contribution in [0.3, 0.4) is 0 Å². The molecule has 0 bridgehead atoms. The number of nitrogens with one attached hydrogen (secondary N) is 1. The van der Waals surface area contributed by atoms with E-state index in [1.807, 2.05) is 0 Å². The van der Waals surface area contributed by atoms with Crippen LogP contribution in [0.15, 0.2) is 97.1 Å². The molecule has 0 radical (unpaired) electrons. The second kappa shape index (κ2) is 6.71. The highest BCUT2D eigenvalue weighted by Gasteiger charge is 2.47. The molecule has 134 valence electrons. The Bertz CT molecular complexity index is 934. The quantitative estimate of drug-likeness (QED) is 0.716. The molecule has 3 aromatic rings. The number of hydrogen-bond acceptors (Lipinski definition) is 2. The SMILES string of the molecule is C1=C(c2ccccc2)N2CCN[C@@]2(c2ccccc2)C[C@H]1c1ccccc1. The Morgan fingerprint density at radius 3 is 2.11 bits per heavy atom. The van der Waals surface area contributed by atoms with Crippen molar-refractivity contribution in [1.29, 1.82) is 0 Å². The van der Waals surface area contributed by atoms with Crippen LogP contribution >= 0.6 is 0 Å². The molecule has 0 aromatic heterocycles. The van der Waals surface area contributed by atoms with Gasteiger partial charge in [-0.3, -0.25) is 5.32 Å². The second-order valence-corrected chi connectivity index (χ2v) is 7.44. The highest BCUT2D eigenvalue weighted by Crippen LogP contribution is 2.47. The summed E-state index contributed by atoms with van der Waals surface area (Å²) in [6.07, 6.45) is 3.51. The summed E-state index contributed by atoms with van der Waals surface area (Å²) in [5, 5.41) is 3.87. The Hall–Kier alpha value is -2.84. The molecule has 27 heavy (non-hydrogen) atoms. The largest absolute Gasteiger partial charge is 0.348 e. The fraction of sp³-hybridized carbons (Fsp3) is 0.200. The Balaban J connectivity index is 1.68. The van der Waals surface area contributed by atoms with Crippen LogP contribution < -0.4 is 5.32 Å². The van der Waals surface area contributed by atoms with E-state index in [1.165, 1.54) is 22.4 Å². The molecule has 0 unspecified atom stereocenters. The van der Waals surface area contributed by atoms with Crippen molar-refractivity contribution in [3.8, 4) is 0 Å². The van der Waals surface area contributed by atoms with Gasteiger partial charge in [0.05, 0.1) is 0 Å². The van der Waals surface area contributed by atoms with Gasteiger partial charge >= 0.3 is 0 Å². The van der Waals surface area contributed by atoms with Crippen molar-refractivity contribution >= 4 is 5.70 Å². The van der Waals surface area contributed by atoms with Crippen LogP contribution in [-0.4, -0.2) is 18.0 Å². The van der Waals surface area contributed by atoms with Gasteiger partial charge in [0.25, 0.3) is 0 Å². The second-order valence-electron chi connectivity index (χ2n) is 7.44. The van der Waals surface area contributed by atoms with Crippen molar-refractivity contribution < 1.29 is 0 Å². The molecule has 0 amide bonds. The summed E-state index contributed by atoms with van der Waals surface area (Å²) in [6, 6.07) is 32.7. The van der Waals surface area contributed by atoms with Gasteiger partial charge < -0.3 is 4.90 Å². The van der Waals surface area contributed by atoms with Gasteiger partial charge in [-0.25, -0.2) is 0 Å². The fourth-order valence-corrected chi connectivity index (χ4v) is 4.69. The summed E-state index contributed by atoms with van der Waals surface area (Å²) < 4.78 is 0. The summed E-state index contributed by atoms with van der Waals surface area (Å²) in [5.41, 5.74) is 5.22. The fourth-order valence-electron chi connectivity index (χ4n) is 4.69. The maximum atomic E-state index is 3.87. The van der Waals surface area contributed by atoms with Crippen LogP contribution in [-0.2, 0) is 5.66 Å². The minimum absolute atomic E-state index is 0.151. The monoisotopic (exact) mass is 352 g/mol. The molecule has 5 rings (SSSR count). The zero-order chi connectivity index (χ0) is 18.1. The molecular weight excluding hydrogens is 328 g/mol. The van der Waals surface area contributed by atoms with Crippen LogP contribution in [0.5, 0.6) is 0 Å². The molecule has 1 N–H and O–H groups in total. The molecule has 0 aliphatic carbocycles. The molecule has 2 heterocycles. The number of fused-ring (bicyclic) bond motifs is 1. The maximum absolute atomic E-state index is 3.87. The van der Waals surface area contributed by atoms with Crippen molar-refractivity contribution in [1.82, 2.24) is 10.2 Å². The highest BCUT2D eigenvalue weighted by molar-refractivity contribution is 5.68. The summed E-state index contributed by atoms with van der Waals surface area (Å²) >= 11 is 0. The predicted molar refractivity (Wildman–Crippen MR) is 111 cm³/mol. The molecule has 2 aliphatic heterocycles. The first kappa shape index (κ1) is 16.3. The Kier molecular flexibility index (Phi) is 4.06. The third kappa shape index (κ3) is 2.77. The summed E-state index contributed by atoms with van der Waals surface area (Å²) in [4.78, 5) is 2.58. The van der Waals surface area contributed by atoms with Crippen molar-refractivity contribution in [2.75, 3.05) is 13.1 Å². The van der Waals surface area contributed by atoms with E-state index in [1.54, 1.807) is 0 Å². The summed E-state index contributed by atoms with van der Waals surface area (Å²) in [5.74, 6) is 0.378. The lowest BCUT2D eigenvalue weighted by atomic mass is 9.79. The lowest BCUT2D eigenvalue weighted by Crippen LogP contribution is -2.50. The van der Waals surface area contributed by atoms with Crippen molar-refractivity contribution in [2.45, 2.75) is 18.0 Å². The average Bonchev–Trinajstić information content (AvgIpc) is 3.20. The van der Waals surface area contributed by atoms with E-state index < -0.39 is 0 Å². The Morgan fingerprint density at radius 2 is 1.41 bits per heavy atom. The van der Waals surface area contributed by atoms with Crippen molar-refractivity contribution in [3.05, 3.63) is 114 Å². The number of hydrogen-bond donors (Lipinski definition) is 1. The van der Waals surface area contributed by atoms with E-state index in [9.17, 15) is 0 Å². The topological polar surface area (TPSA) is 15.3 Å². The predicted octanol–water partition coefficient (Wildman–Crippen LogP) is 4.97. The molecule has 2 nitrogen and oxygen atoms in total. The van der Waals surface area contributed by atoms with Crippen LogP contribution in [0.4, 0.5) is 0 Å². The van der Waals surface area contributed by atoms with Gasteiger partial charge in [0.1, 0.15) is 5.66 Å². The standard InChI is InChI=1S/C25H24N2/c1-4-10-20(11-5-1)22-18-24(21-12-6-2-7-13-21)27-17-16-26-25(27,19-22)23-14-8-3-9-15-23/h1-15,18,22,26H,16-17,19H2/t22-,25-/m0/s1. The summed E-state index contributed by atoms with van der Waals surface area (Å²) in [6.45, 7) is 2.03. The Labute approximate surface area is 161 Å². The maximum Gasteiger partial charge on any atom is 0.118 e. The van der Waals surface area contributed by atoms with Crippen molar-refractivity contribution in [2.24, 2.45) is 0 Å². The molecule has 1 saturated heterocycles. The number of allylic oxidation sites excluding steroid dienone is 1. The zero-order valence-electron chi connectivity index (χ0n) is 15.4. The first-order valence-electron chi connectivity index (χ1n) is 9.77. The normalized spacial score (nSPS) is 24.4. The molecule has 3 aromatic carbocycles. The minimum atomic E-state index is -0.151. The molecular formula is C25H24N2. The molecule has 2 aliphatic rings. The van der Waals surface area contributed by atoms with Gasteiger partial charge in [-0.15, -0.1) is 0 Å². The molecule has 2 atom stereocenters. The van der Waals surface area contributed by atoms with Crippen LogP contribution in [0, 0.1) is 0 Å². The third-order valence-electron chi connectivity index (χ3n) is 5.93. The summed E-state index contributed by atoms with van der Waals surface area (Å²) in [7, 11) is 0. The Morgan fingerprint density at radius 1 is 0.778 bits per heavy atom. The van der Waals surface area contributed by atoms with Gasteiger partial charge in [0.15, 0.2) is 0 Å². The van der Waals surface area contributed by atoms with E-state index in [2.05, 4.69) is 107 Å². The van der Waals surface area contributed by atoms with Gasteiger partial charge in [0, 0.05) is 24.7 Å². The van der Waals surface area contributed by atoms with Gasteiger partial charge in [-0.1, -0.05) is 97.1 Å². The lowest BCUT2D eigenvalue weighted by Gasteiger charge is -2.47. The van der Waals surface area contributed by atoms with E-state index in [-0.39, 0.29) is 5.66 Å². The zero-order valence-corrected chi connectivity index (χ0v) is 15.4. The van der Waals surface area contributed by atoms with E-state index in [0.717, 1.165) is 19.5 Å². The molecule has 0 spiro atoms. The smallest absolute Gasteiger partial charge is 0.118 e. The first-order valence-corrected chi connectivity index (χ1v) is 9.77. The van der Waals surface area contributed by atoms with Gasteiger partial charge in [0.2, 0.25) is 0 Å². The van der Waals surface area contributed by atoms with E-state index in [4.69, 9.17) is 0 Å². The number of rotatable bonds is 3. The average molecular weight is 352 g/mol. The first-order chi connectivity index (χ1) is 13.4. The highest BCUT2D eigenvalue weighted by atomic mass is 15.4. The van der Waals surface area contributed by atoms with Gasteiger partial charge in [-0.2, -0.15) is 0 Å². The molecule has 0 saturated carbocycles. The van der Waals surface area contributed by atoms with Crippen LogP contribution in [0.25, 0.3) is 5.70 Å². The van der Waals surface area contributed by atoms with Crippen molar-refractivity contribution in [3.63, 3.8) is 0 Å². The third-order valence-corrected chi connectivity index (χ3v) is 5.93. The van der Waals surface area contributed by atoms with E-state index in [0.29, 0.717) is 5.92 Å². The molecule has 1 fully saturated rings. The van der Waals surface area contributed by atoms with E-state index >= 15 is 0 Å². The number of nitrogens with zero attached hydrogens (tertiary/aromatic N) is 1.